The highest BCUT2D eigenvalue weighted by atomic mass is 16.6. The molecule has 0 saturated heterocycles. The summed E-state index contributed by atoms with van der Waals surface area (Å²) in [6, 6.07) is 7.06. The number of rotatable bonds is 2. The lowest BCUT2D eigenvalue weighted by Gasteiger charge is -2.21. The molecule has 0 radical (unpaired) electrons. The van der Waals surface area contributed by atoms with Gasteiger partial charge in [-0.2, -0.15) is 0 Å². The minimum absolute atomic E-state index is 0.504. The lowest BCUT2D eigenvalue weighted by Crippen LogP contribution is -2.27. The van der Waals surface area contributed by atoms with Crippen molar-refractivity contribution in [2.24, 2.45) is 0 Å². The normalized spacial score (nSPS) is 12.1. The molecule has 0 aromatic heterocycles. The molecule has 0 aliphatic rings. The third-order valence-electron chi connectivity index (χ3n) is 2.21. The molecule has 1 aromatic rings. The summed E-state index contributed by atoms with van der Waals surface area (Å²) in [5.41, 5.74) is -0.135. The molecule has 1 rings (SSSR count). The molecule has 0 spiro atoms. The van der Waals surface area contributed by atoms with E-state index in [0.717, 1.165) is 5.56 Å². The Kier molecular flexibility index (Phi) is 4.02. The van der Waals surface area contributed by atoms with E-state index >= 15 is 0 Å². The van der Waals surface area contributed by atoms with Gasteiger partial charge in [-0.1, -0.05) is 12.1 Å². The van der Waals surface area contributed by atoms with E-state index in [1.807, 2.05) is 0 Å². The van der Waals surface area contributed by atoms with Gasteiger partial charge in [-0.25, -0.2) is 4.79 Å². The van der Waals surface area contributed by atoms with Gasteiger partial charge in [0.05, 0.1) is 5.60 Å². The van der Waals surface area contributed by atoms with Crippen LogP contribution >= 0.6 is 0 Å². The van der Waals surface area contributed by atoms with Crippen LogP contribution in [0.3, 0.4) is 0 Å². The maximum atomic E-state index is 11.6. The molecule has 18 heavy (non-hydrogen) atoms. The molecule has 4 heteroatoms. The van der Waals surface area contributed by atoms with Crippen molar-refractivity contribution < 1.29 is 14.6 Å². The Morgan fingerprint density at radius 1 is 1.22 bits per heavy atom. The van der Waals surface area contributed by atoms with Gasteiger partial charge < -0.3 is 9.84 Å². The largest absolute Gasteiger partial charge is 0.444 e. The summed E-state index contributed by atoms with van der Waals surface area (Å²) < 4.78 is 5.15. The first-order chi connectivity index (χ1) is 8.08. The average Bonchev–Trinajstić information content (AvgIpc) is 2.13. The summed E-state index contributed by atoms with van der Waals surface area (Å²) in [6.07, 6.45) is -0.504. The van der Waals surface area contributed by atoms with E-state index < -0.39 is 17.3 Å². The Hall–Kier alpha value is -1.55. The lowest BCUT2D eigenvalue weighted by molar-refractivity contribution is 0.0634. The number of aliphatic hydroxyl groups is 1. The summed E-state index contributed by atoms with van der Waals surface area (Å²) in [6.45, 7) is 8.80. The number of amides is 1. The highest BCUT2D eigenvalue weighted by Crippen LogP contribution is 2.22. The first-order valence-electron chi connectivity index (χ1n) is 5.91. The number of carbonyl (C=O) groups excluding carboxylic acids is 1. The van der Waals surface area contributed by atoms with Crippen LogP contribution < -0.4 is 5.32 Å². The Bertz CT molecular complexity index is 427. The van der Waals surface area contributed by atoms with E-state index in [0.29, 0.717) is 5.69 Å². The van der Waals surface area contributed by atoms with Crippen LogP contribution in [0.2, 0.25) is 0 Å². The molecule has 2 N–H and O–H groups in total. The van der Waals surface area contributed by atoms with Gasteiger partial charge >= 0.3 is 6.09 Å². The number of hydrogen-bond donors (Lipinski definition) is 2. The van der Waals surface area contributed by atoms with Crippen LogP contribution in [-0.2, 0) is 10.3 Å². The lowest BCUT2D eigenvalue weighted by atomic mass is 9.98. The summed E-state index contributed by atoms with van der Waals surface area (Å²) in [7, 11) is 0. The second kappa shape index (κ2) is 4.98. The second-order valence-corrected chi connectivity index (χ2v) is 5.77. The maximum Gasteiger partial charge on any atom is 0.412 e. The van der Waals surface area contributed by atoms with E-state index in [1.165, 1.54) is 0 Å². The van der Waals surface area contributed by atoms with Gasteiger partial charge in [0.25, 0.3) is 0 Å². The molecule has 0 atom stereocenters. The van der Waals surface area contributed by atoms with Crippen molar-refractivity contribution in [3.05, 3.63) is 29.8 Å². The zero-order valence-corrected chi connectivity index (χ0v) is 11.6. The highest BCUT2D eigenvalue weighted by Gasteiger charge is 2.18. The van der Waals surface area contributed by atoms with Crippen LogP contribution in [0.5, 0.6) is 0 Å². The van der Waals surface area contributed by atoms with Crippen molar-refractivity contribution in [1.82, 2.24) is 0 Å². The van der Waals surface area contributed by atoms with Crippen molar-refractivity contribution >= 4 is 11.8 Å². The average molecular weight is 251 g/mol. The van der Waals surface area contributed by atoms with Crippen LogP contribution in [0.25, 0.3) is 0 Å². The second-order valence-electron chi connectivity index (χ2n) is 5.77. The predicted molar refractivity (Wildman–Crippen MR) is 71.5 cm³/mol. The van der Waals surface area contributed by atoms with Gasteiger partial charge in [0.15, 0.2) is 0 Å². The number of benzene rings is 1. The number of hydrogen-bond acceptors (Lipinski definition) is 3. The van der Waals surface area contributed by atoms with Crippen molar-refractivity contribution in [3.8, 4) is 0 Å². The van der Waals surface area contributed by atoms with Gasteiger partial charge in [0.2, 0.25) is 0 Å². The maximum absolute atomic E-state index is 11.6. The van der Waals surface area contributed by atoms with Gasteiger partial charge in [0, 0.05) is 5.69 Å². The van der Waals surface area contributed by atoms with Crippen LogP contribution in [0.4, 0.5) is 10.5 Å². The molecule has 0 aliphatic heterocycles. The number of ether oxygens (including phenoxy) is 1. The Morgan fingerprint density at radius 3 is 2.33 bits per heavy atom. The zero-order chi connectivity index (χ0) is 14.0. The van der Waals surface area contributed by atoms with Gasteiger partial charge in [-0.05, 0) is 52.3 Å². The molecular formula is C14H21NO3. The Morgan fingerprint density at radius 2 is 1.83 bits per heavy atom. The van der Waals surface area contributed by atoms with Crippen LogP contribution in [0.15, 0.2) is 24.3 Å². The smallest absolute Gasteiger partial charge is 0.412 e. The van der Waals surface area contributed by atoms with Crippen molar-refractivity contribution in [1.29, 1.82) is 0 Å². The predicted octanol–water partition coefficient (Wildman–Crippen LogP) is 3.26. The number of anilines is 1. The first kappa shape index (κ1) is 14.5. The van der Waals surface area contributed by atoms with Gasteiger partial charge in [-0.3, -0.25) is 5.32 Å². The Balaban J connectivity index is 2.77. The van der Waals surface area contributed by atoms with Crippen LogP contribution in [0.1, 0.15) is 40.2 Å². The molecule has 0 heterocycles. The monoisotopic (exact) mass is 251 g/mol. The summed E-state index contributed by atoms with van der Waals surface area (Å²) >= 11 is 0. The van der Waals surface area contributed by atoms with E-state index in [1.54, 1.807) is 58.9 Å². The van der Waals surface area contributed by atoms with Crippen LogP contribution in [-0.4, -0.2) is 16.8 Å². The third kappa shape index (κ3) is 4.75. The van der Waals surface area contributed by atoms with Gasteiger partial charge in [-0.15, -0.1) is 0 Å². The quantitative estimate of drug-likeness (QED) is 0.848. The summed E-state index contributed by atoms with van der Waals surface area (Å²) in [4.78, 5) is 11.6. The van der Waals surface area contributed by atoms with E-state index in [-0.39, 0.29) is 0 Å². The minimum Gasteiger partial charge on any atom is -0.444 e. The Labute approximate surface area is 108 Å². The fraction of sp³-hybridized carbons (Fsp3) is 0.500. The SMILES string of the molecule is CC(C)(C)OC(=O)Nc1cccc(C(C)(C)O)c1. The third-order valence-corrected chi connectivity index (χ3v) is 2.21. The molecule has 4 nitrogen and oxygen atoms in total. The van der Waals surface area contributed by atoms with Crippen molar-refractivity contribution in [3.63, 3.8) is 0 Å². The van der Waals surface area contributed by atoms with Crippen molar-refractivity contribution in [2.75, 3.05) is 5.32 Å². The van der Waals surface area contributed by atoms with E-state index in [4.69, 9.17) is 4.74 Å². The topological polar surface area (TPSA) is 58.6 Å². The van der Waals surface area contributed by atoms with Gasteiger partial charge in [0.1, 0.15) is 5.60 Å². The molecule has 0 aliphatic carbocycles. The first-order valence-corrected chi connectivity index (χ1v) is 5.91. The standard InChI is InChI=1S/C14H21NO3/c1-13(2,3)18-12(16)15-11-8-6-7-10(9-11)14(4,5)17/h6-9,17H,1-5H3,(H,15,16). The number of nitrogens with one attached hydrogen (secondary N) is 1. The minimum atomic E-state index is -0.939. The summed E-state index contributed by atoms with van der Waals surface area (Å²) in [5.74, 6) is 0. The molecule has 0 saturated carbocycles. The molecule has 0 fully saturated rings. The molecular weight excluding hydrogens is 230 g/mol. The molecule has 0 bridgehead atoms. The molecule has 100 valence electrons. The molecule has 0 unspecified atom stereocenters. The molecule has 1 amide bonds. The fourth-order valence-corrected chi connectivity index (χ4v) is 1.40. The number of carbonyl (C=O) groups is 1. The van der Waals surface area contributed by atoms with E-state index in [9.17, 15) is 9.90 Å². The van der Waals surface area contributed by atoms with E-state index in [2.05, 4.69) is 5.32 Å². The molecule has 1 aromatic carbocycles. The highest BCUT2D eigenvalue weighted by molar-refractivity contribution is 5.84. The van der Waals surface area contributed by atoms with Crippen LogP contribution in [0, 0.1) is 0 Å². The fourth-order valence-electron chi connectivity index (χ4n) is 1.40. The zero-order valence-electron chi connectivity index (χ0n) is 11.6. The summed E-state index contributed by atoms with van der Waals surface area (Å²) in [5, 5.41) is 12.5. The van der Waals surface area contributed by atoms with Crippen molar-refractivity contribution in [2.45, 2.75) is 45.8 Å².